The zero-order valence-electron chi connectivity index (χ0n) is 19.2. The summed E-state index contributed by atoms with van der Waals surface area (Å²) in [6, 6.07) is 29.0. The molecule has 0 unspecified atom stereocenters. The van der Waals surface area contributed by atoms with Gasteiger partial charge in [0.15, 0.2) is 11.4 Å². The van der Waals surface area contributed by atoms with Crippen molar-refractivity contribution in [1.82, 2.24) is 9.38 Å². The third-order valence-electron chi connectivity index (χ3n) is 5.87. The van der Waals surface area contributed by atoms with Crippen molar-refractivity contribution < 1.29 is 4.74 Å². The number of hydrogen-bond acceptors (Lipinski definition) is 3. The summed E-state index contributed by atoms with van der Waals surface area (Å²) >= 11 is 0. The first-order valence-corrected chi connectivity index (χ1v) is 11.2. The van der Waals surface area contributed by atoms with Gasteiger partial charge in [-0.2, -0.15) is 0 Å². The Morgan fingerprint density at radius 3 is 2.33 bits per heavy atom. The van der Waals surface area contributed by atoms with E-state index in [1.165, 1.54) is 16.7 Å². The van der Waals surface area contributed by atoms with E-state index >= 15 is 0 Å². The van der Waals surface area contributed by atoms with Crippen LogP contribution in [0.5, 0.6) is 5.75 Å². The van der Waals surface area contributed by atoms with Gasteiger partial charge >= 0.3 is 0 Å². The second-order valence-corrected chi connectivity index (χ2v) is 8.41. The molecule has 164 valence electrons. The van der Waals surface area contributed by atoms with Crippen LogP contribution in [0.3, 0.4) is 0 Å². The number of hydrogen-bond donors (Lipinski definition) is 1. The number of aryl methyl sites for hydroxylation is 3. The van der Waals surface area contributed by atoms with Crippen molar-refractivity contribution in [2.45, 2.75) is 27.4 Å². The van der Waals surface area contributed by atoms with E-state index in [9.17, 15) is 0 Å². The fourth-order valence-electron chi connectivity index (χ4n) is 4.13. The number of anilines is 2. The Hall–Kier alpha value is -4.05. The van der Waals surface area contributed by atoms with E-state index in [4.69, 9.17) is 9.72 Å². The Balaban J connectivity index is 1.64. The SMILES string of the molecule is Cc1cccc(-c2nc3c(OCc4ccccc4)cccn3c2Nc2c(C)cccc2C)c1. The second-order valence-electron chi connectivity index (χ2n) is 8.41. The molecule has 4 heteroatoms. The van der Waals surface area contributed by atoms with Gasteiger partial charge in [-0.25, -0.2) is 4.98 Å². The number of aromatic nitrogens is 2. The Bertz CT molecular complexity index is 1400. The minimum absolute atomic E-state index is 0.493. The molecule has 0 spiro atoms. The number of ether oxygens (including phenoxy) is 1. The summed E-state index contributed by atoms with van der Waals surface area (Å²) in [5, 5.41) is 3.70. The zero-order valence-corrected chi connectivity index (χ0v) is 19.2. The van der Waals surface area contributed by atoms with Crippen molar-refractivity contribution in [3.05, 3.63) is 113 Å². The molecule has 0 aliphatic rings. The van der Waals surface area contributed by atoms with Crippen LogP contribution < -0.4 is 10.1 Å². The van der Waals surface area contributed by atoms with E-state index in [-0.39, 0.29) is 0 Å². The van der Waals surface area contributed by atoms with Crippen LogP contribution in [0.4, 0.5) is 11.5 Å². The van der Waals surface area contributed by atoms with Crippen LogP contribution in [0.2, 0.25) is 0 Å². The first kappa shape index (κ1) is 20.8. The van der Waals surface area contributed by atoms with Crippen LogP contribution in [0, 0.1) is 20.8 Å². The molecular weight excluding hydrogens is 406 g/mol. The molecule has 0 saturated carbocycles. The third kappa shape index (κ3) is 4.20. The Kier molecular flexibility index (Phi) is 5.57. The smallest absolute Gasteiger partial charge is 0.181 e. The molecule has 0 bridgehead atoms. The maximum absolute atomic E-state index is 6.22. The number of benzene rings is 3. The third-order valence-corrected chi connectivity index (χ3v) is 5.87. The lowest BCUT2D eigenvalue weighted by Crippen LogP contribution is -2.01. The fraction of sp³-hybridized carbons (Fsp3) is 0.138. The molecule has 0 amide bonds. The monoisotopic (exact) mass is 433 g/mol. The average molecular weight is 434 g/mol. The van der Waals surface area contributed by atoms with Crippen LogP contribution >= 0.6 is 0 Å². The summed E-state index contributed by atoms with van der Waals surface area (Å²) in [6.45, 7) is 6.84. The molecule has 33 heavy (non-hydrogen) atoms. The van der Waals surface area contributed by atoms with E-state index in [2.05, 4.69) is 85.1 Å². The molecule has 1 N–H and O–H groups in total. The highest BCUT2D eigenvalue weighted by Gasteiger charge is 2.18. The molecule has 0 fully saturated rings. The summed E-state index contributed by atoms with van der Waals surface area (Å²) in [7, 11) is 0. The summed E-state index contributed by atoms with van der Waals surface area (Å²) < 4.78 is 8.31. The Morgan fingerprint density at radius 2 is 1.58 bits per heavy atom. The Labute approximate surface area is 194 Å². The summed E-state index contributed by atoms with van der Waals surface area (Å²) in [4.78, 5) is 5.07. The van der Waals surface area contributed by atoms with Crippen molar-refractivity contribution in [2.75, 3.05) is 5.32 Å². The van der Waals surface area contributed by atoms with Crippen molar-refractivity contribution in [3.8, 4) is 17.0 Å². The lowest BCUT2D eigenvalue weighted by atomic mass is 10.1. The highest BCUT2D eigenvalue weighted by atomic mass is 16.5. The molecular formula is C29H27N3O. The molecule has 0 aliphatic carbocycles. The first-order valence-electron chi connectivity index (χ1n) is 11.2. The van der Waals surface area contributed by atoms with Crippen molar-refractivity contribution in [1.29, 1.82) is 0 Å². The number of fused-ring (bicyclic) bond motifs is 1. The normalized spacial score (nSPS) is 11.0. The molecule has 3 aromatic carbocycles. The van der Waals surface area contributed by atoms with Gasteiger partial charge < -0.3 is 10.1 Å². The van der Waals surface area contributed by atoms with Crippen LogP contribution in [0.1, 0.15) is 22.3 Å². The lowest BCUT2D eigenvalue weighted by Gasteiger charge is -2.14. The van der Waals surface area contributed by atoms with Crippen LogP contribution in [-0.2, 0) is 6.61 Å². The molecule has 2 aromatic heterocycles. The van der Waals surface area contributed by atoms with E-state index in [1.54, 1.807) is 0 Å². The standard InChI is InChI=1S/C29H27N3O/c1-20-10-7-15-24(18-20)27-29(30-26-21(2)11-8-12-22(26)3)32-17-9-16-25(28(32)31-27)33-19-23-13-5-4-6-14-23/h4-18,30H,19H2,1-3H3. The molecule has 0 aliphatic heterocycles. The van der Waals surface area contributed by atoms with E-state index < -0.39 is 0 Å². The van der Waals surface area contributed by atoms with E-state index in [0.717, 1.165) is 39.7 Å². The number of rotatable bonds is 6. The number of para-hydroxylation sites is 1. The van der Waals surface area contributed by atoms with Gasteiger partial charge in [-0.1, -0.05) is 72.3 Å². The van der Waals surface area contributed by atoms with Crippen LogP contribution in [0.25, 0.3) is 16.9 Å². The van der Waals surface area contributed by atoms with Gasteiger partial charge in [0.25, 0.3) is 0 Å². The average Bonchev–Trinajstić information content (AvgIpc) is 3.20. The zero-order chi connectivity index (χ0) is 22.8. The van der Waals surface area contributed by atoms with Crippen molar-refractivity contribution in [3.63, 3.8) is 0 Å². The number of nitrogens with one attached hydrogen (secondary N) is 1. The topological polar surface area (TPSA) is 38.6 Å². The largest absolute Gasteiger partial charge is 0.485 e. The number of nitrogens with zero attached hydrogens (tertiary/aromatic N) is 2. The fourth-order valence-corrected chi connectivity index (χ4v) is 4.13. The molecule has 2 heterocycles. The van der Waals surface area contributed by atoms with Gasteiger partial charge in [0.2, 0.25) is 0 Å². The van der Waals surface area contributed by atoms with Crippen molar-refractivity contribution >= 4 is 17.2 Å². The van der Waals surface area contributed by atoms with Gasteiger partial charge in [-0.3, -0.25) is 4.40 Å². The molecule has 5 rings (SSSR count). The van der Waals surface area contributed by atoms with E-state index in [1.807, 2.05) is 36.5 Å². The summed E-state index contributed by atoms with van der Waals surface area (Å²) in [6.07, 6.45) is 2.03. The maximum atomic E-state index is 6.22. The van der Waals surface area contributed by atoms with Gasteiger partial charge in [0.05, 0.1) is 0 Å². The molecule has 0 saturated heterocycles. The molecule has 5 aromatic rings. The number of imidazole rings is 1. The van der Waals surface area contributed by atoms with Gasteiger partial charge in [-0.05, 0) is 55.7 Å². The van der Waals surface area contributed by atoms with Gasteiger partial charge in [0.1, 0.15) is 18.1 Å². The molecule has 0 radical (unpaired) electrons. The number of pyridine rings is 1. The van der Waals surface area contributed by atoms with Crippen LogP contribution in [-0.4, -0.2) is 9.38 Å². The lowest BCUT2D eigenvalue weighted by molar-refractivity contribution is 0.308. The summed E-state index contributed by atoms with van der Waals surface area (Å²) in [5.74, 6) is 1.68. The highest BCUT2D eigenvalue weighted by molar-refractivity contribution is 5.82. The predicted octanol–water partition coefficient (Wildman–Crippen LogP) is 7.25. The first-order chi connectivity index (χ1) is 16.1. The minimum atomic E-state index is 0.493. The predicted molar refractivity (Wildman–Crippen MR) is 135 cm³/mol. The quantitative estimate of drug-likeness (QED) is 0.306. The van der Waals surface area contributed by atoms with Crippen LogP contribution in [0.15, 0.2) is 91.1 Å². The highest BCUT2D eigenvalue weighted by Crippen LogP contribution is 2.36. The van der Waals surface area contributed by atoms with E-state index in [0.29, 0.717) is 6.61 Å². The Morgan fingerprint density at radius 1 is 0.818 bits per heavy atom. The molecule has 0 atom stereocenters. The van der Waals surface area contributed by atoms with Crippen molar-refractivity contribution in [2.24, 2.45) is 0 Å². The molecule has 4 nitrogen and oxygen atoms in total. The second kappa shape index (κ2) is 8.83. The summed E-state index contributed by atoms with van der Waals surface area (Å²) in [5.41, 5.74) is 8.57. The maximum Gasteiger partial charge on any atom is 0.181 e. The van der Waals surface area contributed by atoms with Gasteiger partial charge in [0, 0.05) is 17.4 Å². The van der Waals surface area contributed by atoms with Gasteiger partial charge in [-0.15, -0.1) is 0 Å². The minimum Gasteiger partial charge on any atom is -0.485 e.